The molecule has 0 aliphatic rings. The Hall–Kier alpha value is -1.68. The van der Waals surface area contributed by atoms with Gasteiger partial charge in [0, 0.05) is 12.2 Å². The van der Waals surface area contributed by atoms with E-state index in [4.69, 9.17) is 4.74 Å². The monoisotopic (exact) mass is 321 g/mol. The van der Waals surface area contributed by atoms with Crippen LogP contribution >= 0.6 is 15.9 Å². The first-order chi connectivity index (χ1) is 9.10. The molecule has 0 radical (unpaired) electrons. The van der Waals surface area contributed by atoms with Crippen molar-refractivity contribution in [3.63, 3.8) is 0 Å². The zero-order valence-electron chi connectivity index (χ0n) is 10.9. The van der Waals surface area contributed by atoms with Gasteiger partial charge in [0.2, 0.25) is 0 Å². The number of phenols is 1. The molecule has 3 nitrogen and oxygen atoms in total. The Labute approximate surface area is 121 Å². The van der Waals surface area contributed by atoms with Crippen LogP contribution < -0.4 is 10.1 Å². The lowest BCUT2D eigenvalue weighted by molar-refractivity contribution is 0.371. The Bertz CT molecular complexity index is 584. The van der Waals surface area contributed by atoms with E-state index in [0.29, 0.717) is 16.8 Å². The first kappa shape index (κ1) is 13.7. The van der Waals surface area contributed by atoms with Gasteiger partial charge in [0.15, 0.2) is 11.5 Å². The molecule has 0 saturated carbocycles. The van der Waals surface area contributed by atoms with E-state index in [0.717, 1.165) is 11.3 Å². The van der Waals surface area contributed by atoms with Crippen LogP contribution in [0, 0.1) is 6.92 Å². The van der Waals surface area contributed by atoms with Gasteiger partial charge in [0.05, 0.1) is 11.6 Å². The van der Waals surface area contributed by atoms with E-state index >= 15 is 0 Å². The number of rotatable bonds is 4. The van der Waals surface area contributed by atoms with Crippen molar-refractivity contribution < 1.29 is 9.84 Å². The molecule has 2 aromatic carbocycles. The van der Waals surface area contributed by atoms with Crippen molar-refractivity contribution in [2.45, 2.75) is 13.5 Å². The lowest BCUT2D eigenvalue weighted by atomic mass is 10.2. The van der Waals surface area contributed by atoms with Crippen LogP contribution in [-0.2, 0) is 6.54 Å². The van der Waals surface area contributed by atoms with Crippen molar-refractivity contribution in [3.05, 3.63) is 52.0 Å². The van der Waals surface area contributed by atoms with E-state index in [1.807, 2.05) is 24.3 Å². The number of nitrogens with one attached hydrogen (secondary N) is 1. The molecule has 0 bridgehead atoms. The highest BCUT2D eigenvalue weighted by Gasteiger charge is 2.08. The summed E-state index contributed by atoms with van der Waals surface area (Å²) >= 11 is 3.32. The van der Waals surface area contributed by atoms with Crippen LogP contribution in [0.15, 0.2) is 40.9 Å². The number of methoxy groups -OCH3 is 1. The Morgan fingerprint density at radius 2 is 2.05 bits per heavy atom. The maximum atomic E-state index is 9.75. The highest BCUT2D eigenvalue weighted by molar-refractivity contribution is 9.10. The highest BCUT2D eigenvalue weighted by Crippen LogP contribution is 2.35. The minimum atomic E-state index is 0.127. The number of benzene rings is 2. The molecule has 0 spiro atoms. The quantitative estimate of drug-likeness (QED) is 0.891. The second-order valence-corrected chi connectivity index (χ2v) is 5.21. The molecule has 0 aliphatic carbocycles. The van der Waals surface area contributed by atoms with E-state index < -0.39 is 0 Å². The van der Waals surface area contributed by atoms with Gasteiger partial charge in [-0.2, -0.15) is 0 Å². The topological polar surface area (TPSA) is 41.5 Å². The average Bonchev–Trinajstić information content (AvgIpc) is 2.40. The number of aromatic hydroxyl groups is 1. The molecule has 0 aliphatic heterocycles. The van der Waals surface area contributed by atoms with Crippen molar-refractivity contribution in [2.75, 3.05) is 12.4 Å². The normalized spacial score (nSPS) is 10.3. The van der Waals surface area contributed by atoms with E-state index in [9.17, 15) is 5.11 Å². The minimum Gasteiger partial charge on any atom is -0.503 e. The molecule has 19 heavy (non-hydrogen) atoms. The van der Waals surface area contributed by atoms with Gasteiger partial charge in [-0.1, -0.05) is 12.1 Å². The second kappa shape index (κ2) is 5.97. The molecule has 0 atom stereocenters. The Morgan fingerprint density at radius 1 is 1.26 bits per heavy atom. The largest absolute Gasteiger partial charge is 0.503 e. The molecule has 2 rings (SSSR count). The third-order valence-electron chi connectivity index (χ3n) is 2.82. The summed E-state index contributed by atoms with van der Waals surface area (Å²) < 4.78 is 5.76. The summed E-state index contributed by atoms with van der Waals surface area (Å²) in [6, 6.07) is 11.9. The van der Waals surface area contributed by atoms with E-state index in [-0.39, 0.29) is 5.75 Å². The van der Waals surface area contributed by atoms with Gasteiger partial charge < -0.3 is 15.2 Å². The van der Waals surface area contributed by atoms with Crippen molar-refractivity contribution >= 4 is 21.6 Å². The zero-order chi connectivity index (χ0) is 13.8. The Morgan fingerprint density at radius 3 is 2.74 bits per heavy atom. The predicted molar refractivity (Wildman–Crippen MR) is 80.9 cm³/mol. The summed E-state index contributed by atoms with van der Waals surface area (Å²) in [5, 5.41) is 13.1. The maximum Gasteiger partial charge on any atom is 0.172 e. The average molecular weight is 322 g/mol. The molecule has 4 heteroatoms. The molecule has 0 aromatic heterocycles. The van der Waals surface area contributed by atoms with Gasteiger partial charge in [0.25, 0.3) is 0 Å². The summed E-state index contributed by atoms with van der Waals surface area (Å²) in [7, 11) is 1.54. The van der Waals surface area contributed by atoms with Gasteiger partial charge in [0.1, 0.15) is 0 Å². The third-order valence-corrected chi connectivity index (χ3v) is 3.43. The number of hydrogen-bond acceptors (Lipinski definition) is 3. The van der Waals surface area contributed by atoms with Gasteiger partial charge in [-0.3, -0.25) is 0 Å². The SMILES string of the molecule is COc1cc(CNc2cccc(C)c2)cc(Br)c1O. The van der Waals surface area contributed by atoms with Gasteiger partial charge in [-0.05, 0) is 58.2 Å². The summed E-state index contributed by atoms with van der Waals surface area (Å²) in [4.78, 5) is 0. The lowest BCUT2D eigenvalue weighted by Gasteiger charge is -2.11. The van der Waals surface area contributed by atoms with Crippen LogP contribution in [0.1, 0.15) is 11.1 Å². The van der Waals surface area contributed by atoms with Gasteiger partial charge in [-0.15, -0.1) is 0 Å². The molecule has 0 unspecified atom stereocenters. The van der Waals surface area contributed by atoms with Crippen molar-refractivity contribution in [1.29, 1.82) is 0 Å². The predicted octanol–water partition coefficient (Wildman–Crippen LogP) is 4.08. The van der Waals surface area contributed by atoms with Crippen molar-refractivity contribution in [3.8, 4) is 11.5 Å². The van der Waals surface area contributed by atoms with Crippen LogP contribution in [-0.4, -0.2) is 12.2 Å². The molecule has 2 aromatic rings. The van der Waals surface area contributed by atoms with Crippen LogP contribution in [0.4, 0.5) is 5.69 Å². The van der Waals surface area contributed by atoms with Gasteiger partial charge >= 0.3 is 0 Å². The lowest BCUT2D eigenvalue weighted by Crippen LogP contribution is -2.00. The standard InChI is InChI=1S/C15H16BrNO2/c1-10-4-3-5-12(6-10)17-9-11-7-13(16)15(18)14(8-11)19-2/h3-8,17-18H,9H2,1-2H3. The smallest absolute Gasteiger partial charge is 0.172 e. The molecule has 100 valence electrons. The fraction of sp³-hybridized carbons (Fsp3) is 0.200. The third kappa shape index (κ3) is 3.41. The number of anilines is 1. The molecule has 0 heterocycles. The second-order valence-electron chi connectivity index (χ2n) is 4.35. The molecule has 0 amide bonds. The van der Waals surface area contributed by atoms with Crippen molar-refractivity contribution in [1.82, 2.24) is 0 Å². The van der Waals surface area contributed by atoms with E-state index in [1.165, 1.54) is 5.56 Å². The molecular formula is C15H16BrNO2. The number of ether oxygens (including phenoxy) is 1. The maximum absolute atomic E-state index is 9.75. The molecule has 2 N–H and O–H groups in total. The number of hydrogen-bond donors (Lipinski definition) is 2. The summed E-state index contributed by atoms with van der Waals surface area (Å²) in [6.45, 7) is 2.73. The molecule has 0 saturated heterocycles. The first-order valence-corrected chi connectivity index (χ1v) is 6.75. The van der Waals surface area contributed by atoms with E-state index in [2.05, 4.69) is 40.3 Å². The molecular weight excluding hydrogens is 306 g/mol. The number of halogens is 1. The van der Waals surface area contributed by atoms with Crippen molar-refractivity contribution in [2.24, 2.45) is 0 Å². The van der Waals surface area contributed by atoms with Crippen LogP contribution in [0.3, 0.4) is 0 Å². The summed E-state index contributed by atoms with van der Waals surface area (Å²) in [5.41, 5.74) is 3.32. The number of aryl methyl sites for hydroxylation is 1. The van der Waals surface area contributed by atoms with Gasteiger partial charge in [-0.25, -0.2) is 0 Å². The molecule has 0 fully saturated rings. The fourth-order valence-electron chi connectivity index (χ4n) is 1.84. The Balaban J connectivity index is 2.13. The van der Waals surface area contributed by atoms with Crippen LogP contribution in [0.25, 0.3) is 0 Å². The number of phenolic OH excluding ortho intramolecular Hbond substituents is 1. The first-order valence-electron chi connectivity index (χ1n) is 5.96. The highest BCUT2D eigenvalue weighted by atomic mass is 79.9. The summed E-state index contributed by atoms with van der Waals surface area (Å²) in [5.74, 6) is 0.595. The zero-order valence-corrected chi connectivity index (χ0v) is 12.5. The van der Waals surface area contributed by atoms with E-state index in [1.54, 1.807) is 7.11 Å². The summed E-state index contributed by atoms with van der Waals surface area (Å²) in [6.07, 6.45) is 0. The minimum absolute atomic E-state index is 0.127. The Kier molecular flexibility index (Phi) is 4.32. The van der Waals surface area contributed by atoms with Crippen LogP contribution in [0.2, 0.25) is 0 Å². The van der Waals surface area contributed by atoms with Crippen LogP contribution in [0.5, 0.6) is 11.5 Å². The fourth-order valence-corrected chi connectivity index (χ4v) is 2.33.